The molecule has 1 aromatic carbocycles. The summed E-state index contributed by atoms with van der Waals surface area (Å²) in [4.78, 5) is 24.5. The second-order valence-corrected chi connectivity index (χ2v) is 6.14. The Hall–Kier alpha value is -3.19. The van der Waals surface area contributed by atoms with Crippen LogP contribution in [0.15, 0.2) is 61.1 Å². The summed E-state index contributed by atoms with van der Waals surface area (Å²) >= 11 is 5.84. The molecule has 0 fully saturated rings. The van der Waals surface area contributed by atoms with Gasteiger partial charge in [-0.1, -0.05) is 29.8 Å². The number of aromatic nitrogens is 3. The Labute approximate surface area is 162 Å². The maximum atomic E-state index is 12.0. The molecule has 27 heavy (non-hydrogen) atoms. The molecule has 0 atom stereocenters. The first-order valence-corrected chi connectivity index (χ1v) is 8.82. The van der Waals surface area contributed by atoms with E-state index in [1.54, 1.807) is 24.4 Å². The normalized spacial score (nSPS) is 10.3. The van der Waals surface area contributed by atoms with Gasteiger partial charge in [0.2, 0.25) is 5.91 Å². The zero-order valence-electron chi connectivity index (χ0n) is 14.5. The molecule has 0 radical (unpaired) electrons. The number of hydrogen-bond acceptors (Lipinski definition) is 6. The van der Waals surface area contributed by atoms with Crippen LogP contribution in [0.3, 0.4) is 0 Å². The van der Waals surface area contributed by atoms with E-state index in [0.717, 1.165) is 5.56 Å². The van der Waals surface area contributed by atoms with Crippen LogP contribution in [-0.2, 0) is 11.2 Å². The number of nitrogens with one attached hydrogen (secondary N) is 3. The number of hydrogen-bond donors (Lipinski definition) is 3. The van der Waals surface area contributed by atoms with E-state index in [2.05, 4.69) is 30.9 Å². The first-order valence-electron chi connectivity index (χ1n) is 8.44. The molecule has 3 rings (SSSR count). The number of anilines is 3. The van der Waals surface area contributed by atoms with Gasteiger partial charge in [0, 0.05) is 30.4 Å². The first-order chi connectivity index (χ1) is 13.2. The number of carbonyl (C=O) groups is 1. The number of pyridine rings is 1. The second-order valence-electron chi connectivity index (χ2n) is 5.71. The van der Waals surface area contributed by atoms with Gasteiger partial charge < -0.3 is 16.0 Å². The van der Waals surface area contributed by atoms with Crippen molar-refractivity contribution < 1.29 is 4.79 Å². The van der Waals surface area contributed by atoms with Crippen molar-refractivity contribution in [2.45, 2.75) is 6.42 Å². The zero-order chi connectivity index (χ0) is 18.9. The van der Waals surface area contributed by atoms with Crippen molar-refractivity contribution in [3.05, 3.63) is 71.6 Å². The van der Waals surface area contributed by atoms with Crippen LogP contribution in [0.1, 0.15) is 5.56 Å². The quantitative estimate of drug-likeness (QED) is 0.519. The van der Waals surface area contributed by atoms with E-state index in [0.29, 0.717) is 42.0 Å². The molecule has 0 saturated carbocycles. The molecular formula is C19H19ClN6O. The molecule has 7 nitrogen and oxygen atoms in total. The SMILES string of the molecule is O=C(Cc1ccc(Cl)cc1)NCCNc1cc(Nc2ccccn2)ncn1. The molecule has 138 valence electrons. The highest BCUT2D eigenvalue weighted by atomic mass is 35.5. The molecule has 2 heterocycles. The first kappa shape index (κ1) is 18.6. The monoisotopic (exact) mass is 382 g/mol. The Kier molecular flexibility index (Phi) is 6.54. The van der Waals surface area contributed by atoms with E-state index in [4.69, 9.17) is 11.6 Å². The van der Waals surface area contributed by atoms with Gasteiger partial charge in [-0.3, -0.25) is 4.79 Å². The fraction of sp³-hybridized carbons (Fsp3) is 0.158. The summed E-state index contributed by atoms with van der Waals surface area (Å²) in [5.41, 5.74) is 0.922. The number of amides is 1. The van der Waals surface area contributed by atoms with Gasteiger partial charge in [0.1, 0.15) is 23.8 Å². The van der Waals surface area contributed by atoms with Gasteiger partial charge in [-0.05, 0) is 29.8 Å². The van der Waals surface area contributed by atoms with Gasteiger partial charge in [0.05, 0.1) is 6.42 Å². The summed E-state index contributed by atoms with van der Waals surface area (Å²) in [5.74, 6) is 1.96. The van der Waals surface area contributed by atoms with Gasteiger partial charge in [-0.25, -0.2) is 15.0 Å². The predicted molar refractivity (Wildman–Crippen MR) is 106 cm³/mol. The fourth-order valence-electron chi connectivity index (χ4n) is 2.33. The molecule has 0 saturated heterocycles. The summed E-state index contributed by atoms with van der Waals surface area (Å²) in [5, 5.41) is 9.78. The lowest BCUT2D eigenvalue weighted by atomic mass is 10.1. The molecular weight excluding hydrogens is 364 g/mol. The highest BCUT2D eigenvalue weighted by molar-refractivity contribution is 6.30. The smallest absolute Gasteiger partial charge is 0.224 e. The second kappa shape index (κ2) is 9.49. The number of rotatable bonds is 8. The van der Waals surface area contributed by atoms with Gasteiger partial charge >= 0.3 is 0 Å². The standard InChI is InChI=1S/C19H19ClN6O/c20-15-6-4-14(5-7-15)11-19(27)23-10-9-22-17-12-18(25-13-24-17)26-16-3-1-2-8-21-16/h1-8,12-13H,9-11H2,(H,23,27)(H2,21,22,24,25,26). The van der Waals surface area contributed by atoms with Crippen molar-refractivity contribution in [2.75, 3.05) is 23.7 Å². The van der Waals surface area contributed by atoms with E-state index < -0.39 is 0 Å². The van der Waals surface area contributed by atoms with Gasteiger partial charge in [-0.2, -0.15) is 0 Å². The summed E-state index contributed by atoms with van der Waals surface area (Å²) in [7, 11) is 0. The number of halogens is 1. The summed E-state index contributed by atoms with van der Waals surface area (Å²) in [6.45, 7) is 1.03. The average Bonchev–Trinajstić information content (AvgIpc) is 2.68. The van der Waals surface area contributed by atoms with Gasteiger partial charge in [0.25, 0.3) is 0 Å². The van der Waals surface area contributed by atoms with Crippen molar-refractivity contribution in [3.63, 3.8) is 0 Å². The summed E-state index contributed by atoms with van der Waals surface area (Å²) < 4.78 is 0. The van der Waals surface area contributed by atoms with Crippen LogP contribution in [-0.4, -0.2) is 33.9 Å². The van der Waals surface area contributed by atoms with E-state index >= 15 is 0 Å². The molecule has 0 unspecified atom stereocenters. The average molecular weight is 383 g/mol. The molecule has 8 heteroatoms. The maximum Gasteiger partial charge on any atom is 0.224 e. The molecule has 1 amide bonds. The van der Waals surface area contributed by atoms with Crippen LogP contribution < -0.4 is 16.0 Å². The minimum atomic E-state index is -0.0423. The van der Waals surface area contributed by atoms with E-state index in [-0.39, 0.29) is 5.91 Å². The van der Waals surface area contributed by atoms with Crippen LogP contribution in [0.2, 0.25) is 5.02 Å². The Balaban J connectivity index is 1.41. The molecule has 0 bridgehead atoms. The third-order valence-electron chi connectivity index (χ3n) is 3.62. The highest BCUT2D eigenvalue weighted by Crippen LogP contribution is 2.13. The molecule has 0 aliphatic carbocycles. The van der Waals surface area contributed by atoms with Gasteiger partial charge in [0.15, 0.2) is 0 Å². The Morgan fingerprint density at radius 3 is 2.52 bits per heavy atom. The minimum absolute atomic E-state index is 0.0423. The van der Waals surface area contributed by atoms with Crippen LogP contribution in [0.4, 0.5) is 17.5 Å². The summed E-state index contributed by atoms with van der Waals surface area (Å²) in [6, 6.07) is 14.6. The molecule has 3 N–H and O–H groups in total. The lowest BCUT2D eigenvalue weighted by Crippen LogP contribution is -2.30. The molecule has 0 spiro atoms. The molecule has 0 aliphatic rings. The zero-order valence-corrected chi connectivity index (χ0v) is 15.3. The van der Waals surface area contributed by atoms with E-state index in [1.807, 2.05) is 30.3 Å². The van der Waals surface area contributed by atoms with Crippen LogP contribution in [0.5, 0.6) is 0 Å². The topological polar surface area (TPSA) is 91.8 Å². The van der Waals surface area contributed by atoms with Gasteiger partial charge in [-0.15, -0.1) is 0 Å². The van der Waals surface area contributed by atoms with Crippen molar-refractivity contribution in [1.82, 2.24) is 20.3 Å². The van der Waals surface area contributed by atoms with Crippen molar-refractivity contribution in [3.8, 4) is 0 Å². The number of carbonyl (C=O) groups excluding carboxylic acids is 1. The highest BCUT2D eigenvalue weighted by Gasteiger charge is 2.03. The third-order valence-corrected chi connectivity index (χ3v) is 3.87. The van der Waals surface area contributed by atoms with Crippen LogP contribution in [0, 0.1) is 0 Å². The Bertz CT molecular complexity index is 873. The van der Waals surface area contributed by atoms with Crippen LogP contribution in [0.25, 0.3) is 0 Å². The largest absolute Gasteiger partial charge is 0.368 e. The van der Waals surface area contributed by atoms with E-state index in [1.165, 1.54) is 6.33 Å². The maximum absolute atomic E-state index is 12.0. The lowest BCUT2D eigenvalue weighted by Gasteiger charge is -2.09. The number of nitrogens with zero attached hydrogens (tertiary/aromatic N) is 3. The molecule has 3 aromatic rings. The van der Waals surface area contributed by atoms with Crippen molar-refractivity contribution >= 4 is 35.0 Å². The fourth-order valence-corrected chi connectivity index (χ4v) is 2.46. The van der Waals surface area contributed by atoms with Crippen LogP contribution >= 0.6 is 11.6 Å². The van der Waals surface area contributed by atoms with E-state index in [9.17, 15) is 4.79 Å². The summed E-state index contributed by atoms with van der Waals surface area (Å²) in [6.07, 6.45) is 3.49. The molecule has 2 aromatic heterocycles. The Morgan fingerprint density at radius 2 is 1.74 bits per heavy atom. The number of benzene rings is 1. The molecule has 0 aliphatic heterocycles. The van der Waals surface area contributed by atoms with Crippen molar-refractivity contribution in [1.29, 1.82) is 0 Å². The Morgan fingerprint density at radius 1 is 0.926 bits per heavy atom. The predicted octanol–water partition coefficient (Wildman–Crippen LogP) is 3.04. The lowest BCUT2D eigenvalue weighted by molar-refractivity contribution is -0.120. The minimum Gasteiger partial charge on any atom is -0.368 e. The van der Waals surface area contributed by atoms with Crippen molar-refractivity contribution in [2.24, 2.45) is 0 Å². The third kappa shape index (κ3) is 6.23.